The van der Waals surface area contributed by atoms with Gasteiger partial charge in [-0.25, -0.2) is 4.98 Å². The molecule has 0 bridgehead atoms. The molecule has 92 valence electrons. The second-order valence-electron chi connectivity index (χ2n) is 3.77. The quantitative estimate of drug-likeness (QED) is 0.855. The Balaban J connectivity index is 2.19. The highest BCUT2D eigenvalue weighted by Crippen LogP contribution is 2.41. The number of thioether (sulfide) groups is 1. The summed E-state index contributed by atoms with van der Waals surface area (Å²) in [4.78, 5) is 6.88. The largest absolute Gasteiger partial charge is 0.326 e. The Labute approximate surface area is 114 Å². The van der Waals surface area contributed by atoms with Crippen molar-refractivity contribution < 1.29 is 0 Å². The lowest BCUT2D eigenvalue weighted by Gasteiger charge is -2.19. The van der Waals surface area contributed by atoms with Crippen molar-refractivity contribution in [1.29, 1.82) is 0 Å². The number of thiophene rings is 1. The molecule has 0 saturated carbocycles. The molecular weight excluding hydrogens is 270 g/mol. The molecule has 0 radical (unpaired) electrons. The smallest absolute Gasteiger partial charge is 0.170 e. The standard InChI is InChI=1S/C11H15N3S3/c1-3-8(12)10(9-5-4-7(2)15-9)16-11-13-6-14-17-11/h4-6,8,10H,3,12H2,1-2H3. The molecule has 3 nitrogen and oxygen atoms in total. The number of nitrogens with zero attached hydrogens (tertiary/aromatic N) is 2. The van der Waals surface area contributed by atoms with E-state index in [1.165, 1.54) is 21.3 Å². The van der Waals surface area contributed by atoms with Gasteiger partial charge in [-0.1, -0.05) is 18.7 Å². The number of aryl methyl sites for hydroxylation is 1. The lowest BCUT2D eigenvalue weighted by molar-refractivity contribution is 0.640. The molecule has 0 amide bonds. The molecule has 0 aliphatic carbocycles. The van der Waals surface area contributed by atoms with Crippen LogP contribution in [0.1, 0.15) is 28.3 Å². The third-order valence-corrected chi connectivity index (χ3v) is 5.84. The average molecular weight is 285 g/mol. The van der Waals surface area contributed by atoms with Gasteiger partial charge in [0.1, 0.15) is 6.33 Å². The second kappa shape index (κ2) is 5.95. The molecule has 2 aromatic heterocycles. The van der Waals surface area contributed by atoms with Crippen molar-refractivity contribution in [2.75, 3.05) is 0 Å². The molecule has 2 heterocycles. The Morgan fingerprint density at radius 3 is 2.82 bits per heavy atom. The molecule has 2 atom stereocenters. The Bertz CT molecular complexity index is 452. The first-order chi connectivity index (χ1) is 8.20. The van der Waals surface area contributed by atoms with Gasteiger partial charge in [0.05, 0.1) is 5.25 Å². The molecule has 6 heteroatoms. The third-order valence-electron chi connectivity index (χ3n) is 2.47. The number of rotatable bonds is 5. The Morgan fingerprint density at radius 2 is 2.29 bits per heavy atom. The molecule has 2 N–H and O–H groups in total. The van der Waals surface area contributed by atoms with Gasteiger partial charge in [0.2, 0.25) is 0 Å². The van der Waals surface area contributed by atoms with E-state index in [0.717, 1.165) is 10.8 Å². The zero-order chi connectivity index (χ0) is 12.3. The van der Waals surface area contributed by atoms with E-state index in [2.05, 4.69) is 35.3 Å². The number of hydrogen-bond donors (Lipinski definition) is 1. The molecule has 2 unspecified atom stereocenters. The van der Waals surface area contributed by atoms with Crippen molar-refractivity contribution in [1.82, 2.24) is 9.36 Å². The number of nitrogens with two attached hydrogens (primary N) is 1. The fourth-order valence-electron chi connectivity index (χ4n) is 1.50. The summed E-state index contributed by atoms with van der Waals surface area (Å²) in [6.45, 7) is 4.25. The van der Waals surface area contributed by atoms with Crippen molar-refractivity contribution in [2.24, 2.45) is 5.73 Å². The molecule has 0 saturated heterocycles. The summed E-state index contributed by atoms with van der Waals surface area (Å²) >= 11 is 4.97. The van der Waals surface area contributed by atoms with E-state index in [1.807, 2.05) is 11.3 Å². The minimum atomic E-state index is 0.155. The highest BCUT2D eigenvalue weighted by atomic mass is 32.2. The fourth-order valence-corrected chi connectivity index (χ4v) is 4.50. The second-order valence-corrected chi connectivity index (χ2v) is 7.25. The van der Waals surface area contributed by atoms with Crippen molar-refractivity contribution in [3.63, 3.8) is 0 Å². The van der Waals surface area contributed by atoms with Crippen LogP contribution in [0.2, 0.25) is 0 Å². The monoisotopic (exact) mass is 285 g/mol. The first-order valence-electron chi connectivity index (χ1n) is 5.46. The summed E-state index contributed by atoms with van der Waals surface area (Å²) < 4.78 is 5.02. The molecule has 0 spiro atoms. The van der Waals surface area contributed by atoms with Crippen molar-refractivity contribution >= 4 is 34.6 Å². The summed E-state index contributed by atoms with van der Waals surface area (Å²) in [5, 5.41) is 0.284. The van der Waals surface area contributed by atoms with Crippen LogP contribution in [0, 0.1) is 6.92 Å². The van der Waals surface area contributed by atoms with E-state index in [0.29, 0.717) is 0 Å². The zero-order valence-electron chi connectivity index (χ0n) is 9.79. The van der Waals surface area contributed by atoms with Crippen LogP contribution in [0.4, 0.5) is 0 Å². The first kappa shape index (κ1) is 13.0. The summed E-state index contributed by atoms with van der Waals surface area (Å²) in [6, 6.07) is 4.48. The Morgan fingerprint density at radius 1 is 1.47 bits per heavy atom. The highest BCUT2D eigenvalue weighted by molar-refractivity contribution is 8.01. The SMILES string of the molecule is CCC(N)C(Sc1ncns1)c1ccc(C)s1. The van der Waals surface area contributed by atoms with Crippen molar-refractivity contribution in [3.8, 4) is 0 Å². The van der Waals surface area contributed by atoms with E-state index >= 15 is 0 Å². The average Bonchev–Trinajstić information content (AvgIpc) is 2.96. The summed E-state index contributed by atoms with van der Waals surface area (Å²) in [5.74, 6) is 0. The highest BCUT2D eigenvalue weighted by Gasteiger charge is 2.22. The van der Waals surface area contributed by atoms with Gasteiger partial charge in [-0.2, -0.15) is 4.37 Å². The molecule has 0 aromatic carbocycles. The molecular formula is C11H15N3S3. The molecule has 0 aliphatic heterocycles. The summed E-state index contributed by atoms with van der Waals surface area (Å²) in [7, 11) is 0. The Kier molecular flexibility index (Phi) is 4.55. The van der Waals surface area contributed by atoms with Crippen LogP contribution in [0.5, 0.6) is 0 Å². The predicted molar refractivity (Wildman–Crippen MR) is 75.8 cm³/mol. The predicted octanol–water partition coefficient (Wildman–Crippen LogP) is 3.48. The Hall–Kier alpha value is -0.430. The maximum absolute atomic E-state index is 6.22. The molecule has 2 rings (SSSR count). The van der Waals surface area contributed by atoms with E-state index in [4.69, 9.17) is 5.73 Å². The first-order valence-corrected chi connectivity index (χ1v) is 7.93. The van der Waals surface area contributed by atoms with Gasteiger partial charge in [0.25, 0.3) is 0 Å². The van der Waals surface area contributed by atoms with Crippen molar-refractivity contribution in [3.05, 3.63) is 28.2 Å². The van der Waals surface area contributed by atoms with Crippen LogP contribution < -0.4 is 5.73 Å². The van der Waals surface area contributed by atoms with Gasteiger partial charge < -0.3 is 5.73 Å². The molecule has 0 fully saturated rings. The van der Waals surface area contributed by atoms with Gasteiger partial charge in [0.15, 0.2) is 4.34 Å². The van der Waals surface area contributed by atoms with Gasteiger partial charge in [0, 0.05) is 15.8 Å². The number of aromatic nitrogens is 2. The van der Waals surface area contributed by atoms with Gasteiger partial charge in [-0.05, 0) is 37.0 Å². The van der Waals surface area contributed by atoms with Gasteiger partial charge >= 0.3 is 0 Å². The third kappa shape index (κ3) is 3.28. The topological polar surface area (TPSA) is 51.8 Å². The lowest BCUT2D eigenvalue weighted by Crippen LogP contribution is -2.25. The van der Waals surface area contributed by atoms with Crippen LogP contribution in [0.3, 0.4) is 0 Å². The van der Waals surface area contributed by atoms with Crippen LogP contribution >= 0.6 is 34.6 Å². The summed E-state index contributed by atoms with van der Waals surface area (Å²) in [5.41, 5.74) is 6.22. The van der Waals surface area contributed by atoms with Crippen LogP contribution in [0.25, 0.3) is 0 Å². The molecule has 2 aromatic rings. The minimum Gasteiger partial charge on any atom is -0.326 e. The summed E-state index contributed by atoms with van der Waals surface area (Å²) in [6.07, 6.45) is 2.56. The zero-order valence-corrected chi connectivity index (χ0v) is 12.2. The van der Waals surface area contributed by atoms with E-state index in [-0.39, 0.29) is 11.3 Å². The lowest BCUT2D eigenvalue weighted by atomic mass is 10.1. The minimum absolute atomic E-state index is 0.155. The van der Waals surface area contributed by atoms with Crippen LogP contribution in [-0.4, -0.2) is 15.4 Å². The molecule has 17 heavy (non-hydrogen) atoms. The van der Waals surface area contributed by atoms with Gasteiger partial charge in [-0.3, -0.25) is 0 Å². The van der Waals surface area contributed by atoms with Crippen LogP contribution in [-0.2, 0) is 0 Å². The van der Waals surface area contributed by atoms with Crippen molar-refractivity contribution in [2.45, 2.75) is 35.9 Å². The van der Waals surface area contributed by atoms with Crippen LogP contribution in [0.15, 0.2) is 22.8 Å². The molecule has 0 aliphatic rings. The van der Waals surface area contributed by atoms with E-state index in [9.17, 15) is 0 Å². The maximum atomic E-state index is 6.22. The normalized spacial score (nSPS) is 14.8. The maximum Gasteiger partial charge on any atom is 0.170 e. The van der Waals surface area contributed by atoms with E-state index < -0.39 is 0 Å². The van der Waals surface area contributed by atoms with Gasteiger partial charge in [-0.15, -0.1) is 11.3 Å². The number of hydrogen-bond acceptors (Lipinski definition) is 6. The fraction of sp³-hybridized carbons (Fsp3) is 0.455. The van der Waals surface area contributed by atoms with E-state index in [1.54, 1.807) is 18.1 Å².